The first-order valence-electron chi connectivity index (χ1n) is 5.80. The molecule has 1 N–H and O–H groups in total. The molecule has 0 aliphatic heterocycles. The van der Waals surface area contributed by atoms with Gasteiger partial charge in [-0.3, -0.25) is 4.79 Å². The lowest BCUT2D eigenvalue weighted by atomic mass is 10.1. The van der Waals surface area contributed by atoms with Crippen LogP contribution in [0.5, 0.6) is 0 Å². The fraction of sp³-hybridized carbons (Fsp3) is 0. The molecule has 0 bridgehead atoms. The summed E-state index contributed by atoms with van der Waals surface area (Å²) in [6, 6.07) is 5.39. The molecular formula is C14H6BrF3N2O. The smallest absolute Gasteiger partial charge is 0.259 e. The van der Waals surface area contributed by atoms with Crippen LogP contribution in [0.3, 0.4) is 0 Å². The van der Waals surface area contributed by atoms with Gasteiger partial charge in [0, 0.05) is 10.5 Å². The van der Waals surface area contributed by atoms with Crippen molar-refractivity contribution in [3.63, 3.8) is 0 Å². The zero-order valence-electron chi connectivity index (χ0n) is 10.3. The number of hydrogen-bond acceptors (Lipinski definition) is 2. The molecule has 0 amide bonds. The van der Waals surface area contributed by atoms with Crippen molar-refractivity contribution in [1.82, 2.24) is 9.97 Å². The van der Waals surface area contributed by atoms with E-state index in [9.17, 15) is 18.0 Å². The number of nitrogens with zero attached hydrogens (tertiary/aromatic N) is 1. The zero-order valence-corrected chi connectivity index (χ0v) is 11.8. The van der Waals surface area contributed by atoms with E-state index in [2.05, 4.69) is 25.9 Å². The molecule has 0 aliphatic carbocycles. The maximum atomic E-state index is 13.9. The van der Waals surface area contributed by atoms with Crippen LogP contribution in [-0.2, 0) is 0 Å². The van der Waals surface area contributed by atoms with Crippen molar-refractivity contribution in [3.05, 3.63) is 62.6 Å². The van der Waals surface area contributed by atoms with Gasteiger partial charge < -0.3 is 4.98 Å². The average molecular weight is 355 g/mol. The molecule has 0 saturated heterocycles. The summed E-state index contributed by atoms with van der Waals surface area (Å²) in [7, 11) is 0. The van der Waals surface area contributed by atoms with Crippen molar-refractivity contribution in [1.29, 1.82) is 0 Å². The minimum absolute atomic E-state index is 0.0353. The number of rotatable bonds is 1. The summed E-state index contributed by atoms with van der Waals surface area (Å²) in [4.78, 5) is 18.3. The molecule has 1 heterocycles. The number of halogens is 4. The Labute approximate surface area is 124 Å². The Morgan fingerprint density at radius 2 is 1.81 bits per heavy atom. The summed E-state index contributed by atoms with van der Waals surface area (Å²) < 4.78 is 40.9. The number of hydrogen-bond donors (Lipinski definition) is 1. The molecule has 2 aromatic carbocycles. The van der Waals surface area contributed by atoms with Crippen molar-refractivity contribution in [2.24, 2.45) is 0 Å². The first-order chi connectivity index (χ1) is 9.95. The van der Waals surface area contributed by atoms with Crippen LogP contribution < -0.4 is 5.56 Å². The van der Waals surface area contributed by atoms with Gasteiger partial charge in [0.2, 0.25) is 0 Å². The zero-order chi connectivity index (χ0) is 15.1. The number of H-pyrrole nitrogens is 1. The topological polar surface area (TPSA) is 45.8 Å². The molecule has 0 saturated carbocycles. The van der Waals surface area contributed by atoms with Crippen LogP contribution in [0.4, 0.5) is 13.2 Å². The van der Waals surface area contributed by atoms with Gasteiger partial charge in [-0.25, -0.2) is 18.2 Å². The third-order valence-corrected chi connectivity index (χ3v) is 3.37. The molecule has 106 valence electrons. The number of benzene rings is 2. The Kier molecular flexibility index (Phi) is 3.29. The van der Waals surface area contributed by atoms with Crippen LogP contribution >= 0.6 is 15.9 Å². The number of nitrogens with one attached hydrogen (secondary N) is 1. The number of fused-ring (bicyclic) bond motifs is 1. The minimum Gasteiger partial charge on any atom is -0.306 e. The highest BCUT2D eigenvalue weighted by molar-refractivity contribution is 9.10. The Hall–Kier alpha value is -2.15. The van der Waals surface area contributed by atoms with Crippen molar-refractivity contribution in [2.75, 3.05) is 0 Å². The lowest BCUT2D eigenvalue weighted by Gasteiger charge is -2.05. The van der Waals surface area contributed by atoms with E-state index >= 15 is 0 Å². The quantitative estimate of drug-likeness (QED) is 0.722. The van der Waals surface area contributed by atoms with Gasteiger partial charge in [0.05, 0.1) is 10.9 Å². The maximum Gasteiger partial charge on any atom is 0.259 e. The Morgan fingerprint density at radius 3 is 2.52 bits per heavy atom. The van der Waals surface area contributed by atoms with Gasteiger partial charge in [-0.05, 0) is 24.3 Å². The van der Waals surface area contributed by atoms with E-state index < -0.39 is 23.0 Å². The lowest BCUT2D eigenvalue weighted by Crippen LogP contribution is -2.11. The second kappa shape index (κ2) is 5.00. The molecule has 0 spiro atoms. The van der Waals surface area contributed by atoms with E-state index in [1.165, 1.54) is 6.07 Å². The van der Waals surface area contributed by atoms with Gasteiger partial charge in [-0.2, -0.15) is 0 Å². The van der Waals surface area contributed by atoms with Crippen molar-refractivity contribution < 1.29 is 13.2 Å². The van der Waals surface area contributed by atoms with E-state index in [4.69, 9.17) is 0 Å². The molecule has 21 heavy (non-hydrogen) atoms. The van der Waals surface area contributed by atoms with Gasteiger partial charge in [0.1, 0.15) is 23.0 Å². The SMILES string of the molecule is O=c1[nH]c(-c2ccc(F)cc2F)nc2c(F)cc(Br)cc12. The van der Waals surface area contributed by atoms with Crippen molar-refractivity contribution in [3.8, 4) is 11.4 Å². The maximum absolute atomic E-state index is 13.9. The monoisotopic (exact) mass is 354 g/mol. The van der Waals surface area contributed by atoms with E-state index in [-0.39, 0.29) is 22.3 Å². The fourth-order valence-corrected chi connectivity index (χ4v) is 2.41. The number of aromatic nitrogens is 2. The molecular weight excluding hydrogens is 349 g/mol. The summed E-state index contributed by atoms with van der Waals surface area (Å²) in [6.07, 6.45) is 0. The van der Waals surface area contributed by atoms with Crippen molar-refractivity contribution >= 4 is 26.8 Å². The summed E-state index contributed by atoms with van der Waals surface area (Å²) >= 11 is 3.08. The van der Waals surface area contributed by atoms with Crippen LogP contribution in [-0.4, -0.2) is 9.97 Å². The van der Waals surface area contributed by atoms with E-state index in [0.717, 1.165) is 18.2 Å². The fourth-order valence-electron chi connectivity index (χ4n) is 1.98. The van der Waals surface area contributed by atoms with Gasteiger partial charge in [-0.15, -0.1) is 0 Å². The van der Waals surface area contributed by atoms with E-state index in [1.807, 2.05) is 0 Å². The van der Waals surface area contributed by atoms with Gasteiger partial charge in [0.25, 0.3) is 5.56 Å². The third-order valence-electron chi connectivity index (χ3n) is 2.91. The summed E-state index contributed by atoms with van der Waals surface area (Å²) in [5, 5.41) is 0.0353. The normalized spacial score (nSPS) is 11.0. The summed E-state index contributed by atoms with van der Waals surface area (Å²) in [6.45, 7) is 0. The average Bonchev–Trinajstić information content (AvgIpc) is 2.40. The van der Waals surface area contributed by atoms with Gasteiger partial charge >= 0.3 is 0 Å². The predicted octanol–water partition coefficient (Wildman–Crippen LogP) is 3.77. The van der Waals surface area contributed by atoms with Crippen LogP contribution in [0.25, 0.3) is 22.3 Å². The molecule has 1 aromatic heterocycles. The van der Waals surface area contributed by atoms with Crippen LogP contribution in [0, 0.1) is 17.5 Å². The van der Waals surface area contributed by atoms with E-state index in [1.54, 1.807) is 0 Å². The van der Waals surface area contributed by atoms with Gasteiger partial charge in [-0.1, -0.05) is 15.9 Å². The van der Waals surface area contributed by atoms with E-state index in [0.29, 0.717) is 10.5 Å². The van der Waals surface area contributed by atoms with Crippen LogP contribution in [0.15, 0.2) is 39.6 Å². The number of aromatic amines is 1. The summed E-state index contributed by atoms with van der Waals surface area (Å²) in [5.74, 6) is -2.52. The van der Waals surface area contributed by atoms with Crippen LogP contribution in [0.2, 0.25) is 0 Å². The molecule has 7 heteroatoms. The molecule has 3 nitrogen and oxygen atoms in total. The second-order valence-electron chi connectivity index (χ2n) is 4.32. The molecule has 0 aliphatic rings. The molecule has 3 aromatic rings. The molecule has 0 radical (unpaired) electrons. The lowest BCUT2D eigenvalue weighted by molar-refractivity contribution is 0.584. The predicted molar refractivity (Wildman–Crippen MR) is 75.4 cm³/mol. The molecule has 0 atom stereocenters. The summed E-state index contributed by atoms with van der Waals surface area (Å²) in [5.41, 5.74) is -0.905. The first-order valence-corrected chi connectivity index (χ1v) is 6.59. The molecule has 0 fully saturated rings. The Bertz CT molecular complexity index is 924. The second-order valence-corrected chi connectivity index (χ2v) is 5.24. The highest BCUT2D eigenvalue weighted by Crippen LogP contribution is 2.23. The standard InChI is InChI=1S/C14H6BrF3N2O/c15-6-3-9-12(11(18)4-6)19-13(20-14(9)21)8-2-1-7(16)5-10(8)17/h1-5H,(H,19,20,21). The van der Waals surface area contributed by atoms with Crippen LogP contribution in [0.1, 0.15) is 0 Å². The van der Waals surface area contributed by atoms with Gasteiger partial charge in [0.15, 0.2) is 5.82 Å². The highest BCUT2D eigenvalue weighted by Gasteiger charge is 2.14. The van der Waals surface area contributed by atoms with Crippen molar-refractivity contribution in [2.45, 2.75) is 0 Å². The first kappa shape index (κ1) is 13.8. The Balaban J connectivity index is 2.33. The highest BCUT2D eigenvalue weighted by atomic mass is 79.9. The molecule has 3 rings (SSSR count). The minimum atomic E-state index is -0.894. The molecule has 0 unspecified atom stereocenters. The largest absolute Gasteiger partial charge is 0.306 e. The Morgan fingerprint density at radius 1 is 1.05 bits per heavy atom. The third kappa shape index (κ3) is 2.44.